The van der Waals surface area contributed by atoms with E-state index in [1.165, 1.54) is 0 Å². The van der Waals surface area contributed by atoms with Crippen molar-refractivity contribution in [2.24, 2.45) is 0 Å². The molecule has 17 heavy (non-hydrogen) atoms. The van der Waals surface area contributed by atoms with E-state index in [1.54, 1.807) is 6.92 Å². The van der Waals surface area contributed by atoms with Crippen LogP contribution in [0, 0.1) is 17.5 Å². The number of hydrogen-bond acceptors (Lipinski definition) is 2. The Morgan fingerprint density at radius 1 is 1.35 bits per heavy atom. The van der Waals surface area contributed by atoms with E-state index in [4.69, 9.17) is 5.11 Å². The Morgan fingerprint density at radius 3 is 2.29 bits per heavy atom. The number of benzene rings is 1. The van der Waals surface area contributed by atoms with Gasteiger partial charge in [-0.25, -0.2) is 13.2 Å². The predicted molar refractivity (Wildman–Crippen MR) is 54.9 cm³/mol. The standard InChI is InChI=1S/C11H12F3NO2/c1-2-7(5-16)15-11(17)10-8(13)3-6(12)4-9(10)14/h3-4,7,16H,2,5H2,1H3,(H,15,17)/t7-/m0/s1. The Kier molecular flexibility index (Phi) is 4.51. The fourth-order valence-electron chi connectivity index (χ4n) is 1.29. The first-order valence-corrected chi connectivity index (χ1v) is 5.05. The topological polar surface area (TPSA) is 49.3 Å². The van der Waals surface area contributed by atoms with E-state index in [0.717, 1.165) is 0 Å². The first-order valence-electron chi connectivity index (χ1n) is 5.05. The summed E-state index contributed by atoms with van der Waals surface area (Å²) in [6, 6.07) is 0.266. The number of halogens is 3. The molecule has 0 aromatic heterocycles. The highest BCUT2D eigenvalue weighted by atomic mass is 19.1. The van der Waals surface area contributed by atoms with E-state index in [-0.39, 0.29) is 6.61 Å². The largest absolute Gasteiger partial charge is 0.394 e. The summed E-state index contributed by atoms with van der Waals surface area (Å²) in [5.41, 5.74) is -0.849. The number of carbonyl (C=O) groups is 1. The maximum atomic E-state index is 13.2. The second-order valence-corrected chi connectivity index (χ2v) is 3.51. The normalized spacial score (nSPS) is 12.3. The number of rotatable bonds is 4. The number of aliphatic hydroxyl groups is 1. The van der Waals surface area contributed by atoms with Crippen LogP contribution in [0.25, 0.3) is 0 Å². The zero-order chi connectivity index (χ0) is 13.0. The van der Waals surface area contributed by atoms with E-state index in [2.05, 4.69) is 5.32 Å². The zero-order valence-corrected chi connectivity index (χ0v) is 9.14. The van der Waals surface area contributed by atoms with Gasteiger partial charge >= 0.3 is 0 Å². The number of aliphatic hydroxyl groups excluding tert-OH is 1. The van der Waals surface area contributed by atoms with E-state index in [9.17, 15) is 18.0 Å². The Morgan fingerprint density at radius 2 is 1.88 bits per heavy atom. The zero-order valence-electron chi connectivity index (χ0n) is 9.14. The summed E-state index contributed by atoms with van der Waals surface area (Å²) in [7, 11) is 0. The van der Waals surface area contributed by atoms with E-state index in [0.29, 0.717) is 18.6 Å². The van der Waals surface area contributed by atoms with Gasteiger partial charge in [0.1, 0.15) is 23.0 Å². The van der Waals surface area contributed by atoms with Crippen LogP contribution < -0.4 is 5.32 Å². The molecule has 0 radical (unpaired) electrons. The first-order chi connectivity index (χ1) is 7.99. The average Bonchev–Trinajstić information content (AvgIpc) is 2.24. The minimum absolute atomic E-state index is 0.341. The van der Waals surface area contributed by atoms with Gasteiger partial charge in [0.25, 0.3) is 5.91 Å². The van der Waals surface area contributed by atoms with Crippen molar-refractivity contribution in [3.63, 3.8) is 0 Å². The molecule has 0 saturated carbocycles. The lowest BCUT2D eigenvalue weighted by Crippen LogP contribution is -2.37. The van der Waals surface area contributed by atoms with Crippen molar-refractivity contribution in [2.75, 3.05) is 6.61 Å². The molecule has 1 atom stereocenters. The van der Waals surface area contributed by atoms with E-state index in [1.807, 2.05) is 0 Å². The molecule has 1 aromatic rings. The Balaban J connectivity index is 2.96. The Hall–Kier alpha value is -1.56. The van der Waals surface area contributed by atoms with Gasteiger partial charge in [0.05, 0.1) is 12.6 Å². The van der Waals surface area contributed by atoms with Gasteiger partial charge in [-0.3, -0.25) is 4.79 Å². The van der Waals surface area contributed by atoms with Gasteiger partial charge in [0, 0.05) is 12.1 Å². The van der Waals surface area contributed by atoms with Crippen LogP contribution in [0.2, 0.25) is 0 Å². The van der Waals surface area contributed by atoms with Crippen LogP contribution in [0.3, 0.4) is 0 Å². The highest BCUT2D eigenvalue weighted by Crippen LogP contribution is 2.14. The quantitative estimate of drug-likeness (QED) is 0.849. The molecule has 6 heteroatoms. The third-order valence-electron chi connectivity index (χ3n) is 2.28. The molecule has 0 aliphatic rings. The summed E-state index contributed by atoms with van der Waals surface area (Å²) in [6.45, 7) is 1.35. The van der Waals surface area contributed by atoms with Crippen molar-refractivity contribution >= 4 is 5.91 Å². The van der Waals surface area contributed by atoms with Crippen LogP contribution in [-0.4, -0.2) is 23.7 Å². The number of amides is 1. The van der Waals surface area contributed by atoms with Crippen LogP contribution in [-0.2, 0) is 0 Å². The number of carbonyl (C=O) groups excluding carboxylic acids is 1. The Bertz CT molecular complexity index is 396. The van der Waals surface area contributed by atoms with Gasteiger partial charge in [-0.1, -0.05) is 6.92 Å². The number of nitrogens with one attached hydrogen (secondary N) is 1. The molecule has 0 unspecified atom stereocenters. The maximum Gasteiger partial charge on any atom is 0.257 e. The molecule has 0 aliphatic carbocycles. The predicted octanol–water partition coefficient (Wildman–Crippen LogP) is 1.60. The van der Waals surface area contributed by atoms with Gasteiger partial charge < -0.3 is 10.4 Å². The van der Waals surface area contributed by atoms with Crippen molar-refractivity contribution in [2.45, 2.75) is 19.4 Å². The monoisotopic (exact) mass is 247 g/mol. The van der Waals surface area contributed by atoms with Crippen LogP contribution in [0.1, 0.15) is 23.7 Å². The minimum Gasteiger partial charge on any atom is -0.394 e. The van der Waals surface area contributed by atoms with E-state index >= 15 is 0 Å². The molecule has 0 fully saturated rings. The molecule has 1 amide bonds. The molecule has 1 rings (SSSR count). The molecule has 2 N–H and O–H groups in total. The lowest BCUT2D eigenvalue weighted by atomic mass is 10.1. The third-order valence-corrected chi connectivity index (χ3v) is 2.28. The van der Waals surface area contributed by atoms with Crippen molar-refractivity contribution in [1.82, 2.24) is 5.32 Å². The highest BCUT2D eigenvalue weighted by molar-refractivity contribution is 5.94. The molecule has 3 nitrogen and oxygen atoms in total. The molecule has 0 saturated heterocycles. The molecule has 94 valence electrons. The summed E-state index contributed by atoms with van der Waals surface area (Å²) in [4.78, 5) is 11.5. The second-order valence-electron chi connectivity index (χ2n) is 3.51. The van der Waals surface area contributed by atoms with Gasteiger partial charge in [0.2, 0.25) is 0 Å². The molecule has 0 spiro atoms. The minimum atomic E-state index is -1.27. The van der Waals surface area contributed by atoms with Crippen LogP contribution in [0.15, 0.2) is 12.1 Å². The first kappa shape index (κ1) is 13.5. The molecule has 0 bridgehead atoms. The summed E-state index contributed by atoms with van der Waals surface area (Å²) in [5.74, 6) is -4.65. The number of hydrogen-bond donors (Lipinski definition) is 2. The summed E-state index contributed by atoms with van der Waals surface area (Å²) >= 11 is 0. The summed E-state index contributed by atoms with van der Waals surface area (Å²) in [6.07, 6.45) is 0.409. The van der Waals surface area contributed by atoms with Gasteiger partial charge in [0.15, 0.2) is 0 Å². The highest BCUT2D eigenvalue weighted by Gasteiger charge is 2.20. The molecular weight excluding hydrogens is 235 g/mol. The third kappa shape index (κ3) is 3.20. The van der Waals surface area contributed by atoms with Gasteiger partial charge in [-0.2, -0.15) is 0 Å². The second kappa shape index (κ2) is 5.67. The smallest absolute Gasteiger partial charge is 0.257 e. The summed E-state index contributed by atoms with van der Waals surface area (Å²) in [5, 5.41) is 11.1. The van der Waals surface area contributed by atoms with Crippen molar-refractivity contribution in [3.8, 4) is 0 Å². The SMILES string of the molecule is CC[C@@H](CO)NC(=O)c1c(F)cc(F)cc1F. The van der Waals surface area contributed by atoms with E-state index < -0.39 is 35.0 Å². The average molecular weight is 247 g/mol. The molecule has 1 aromatic carbocycles. The summed E-state index contributed by atoms with van der Waals surface area (Å²) < 4.78 is 39.0. The van der Waals surface area contributed by atoms with Crippen molar-refractivity contribution in [3.05, 3.63) is 35.1 Å². The van der Waals surface area contributed by atoms with Gasteiger partial charge in [-0.05, 0) is 6.42 Å². The van der Waals surface area contributed by atoms with Crippen LogP contribution in [0.5, 0.6) is 0 Å². The molecule has 0 heterocycles. The Labute approximate surface area is 96.3 Å². The fraction of sp³-hybridized carbons (Fsp3) is 0.364. The molecular formula is C11H12F3NO2. The van der Waals surface area contributed by atoms with Crippen molar-refractivity contribution < 1.29 is 23.1 Å². The maximum absolute atomic E-state index is 13.2. The lowest BCUT2D eigenvalue weighted by molar-refractivity contribution is 0.0906. The van der Waals surface area contributed by atoms with Gasteiger partial charge in [-0.15, -0.1) is 0 Å². The fourth-order valence-corrected chi connectivity index (χ4v) is 1.29. The van der Waals surface area contributed by atoms with Crippen LogP contribution >= 0.6 is 0 Å². The lowest BCUT2D eigenvalue weighted by Gasteiger charge is -2.14. The van der Waals surface area contributed by atoms with Crippen molar-refractivity contribution in [1.29, 1.82) is 0 Å². The van der Waals surface area contributed by atoms with Crippen LogP contribution in [0.4, 0.5) is 13.2 Å². The molecule has 0 aliphatic heterocycles.